The lowest BCUT2D eigenvalue weighted by Crippen LogP contribution is -2.57. The average Bonchev–Trinajstić information content (AvgIpc) is 3.15. The molecule has 0 bridgehead atoms. The van der Waals surface area contributed by atoms with E-state index in [4.69, 9.17) is 11.5 Å². The van der Waals surface area contributed by atoms with Crippen molar-refractivity contribution in [3.8, 4) is 0 Å². The lowest BCUT2D eigenvalue weighted by molar-refractivity contribution is -0.149. The first-order chi connectivity index (χ1) is 14.1. The number of amides is 3. The van der Waals surface area contributed by atoms with Crippen LogP contribution in [-0.2, 0) is 19.2 Å². The van der Waals surface area contributed by atoms with Crippen LogP contribution in [0.4, 0.5) is 0 Å². The lowest BCUT2D eigenvalue weighted by Gasteiger charge is -2.29. The van der Waals surface area contributed by atoms with Crippen LogP contribution in [-0.4, -0.2) is 71.0 Å². The van der Waals surface area contributed by atoms with Gasteiger partial charge in [0.15, 0.2) is 0 Å². The Morgan fingerprint density at radius 2 is 1.70 bits per heavy atom. The first kappa shape index (κ1) is 25.8. The molecule has 0 spiro atoms. The fourth-order valence-corrected chi connectivity index (χ4v) is 3.52. The van der Waals surface area contributed by atoms with Gasteiger partial charge in [0.05, 0.1) is 6.04 Å². The second kappa shape index (κ2) is 12.5. The molecule has 1 saturated heterocycles. The van der Waals surface area contributed by atoms with Gasteiger partial charge in [0.25, 0.3) is 0 Å². The standard InChI is InChI=1S/C20H37N5O5/c1-12(2)11-15(24-17(26)13(3)22)18(27)23-14(7-4-5-9-21)19(28)25-10-6-8-16(25)20(29)30/h12-16H,4-11,21-22H2,1-3H3,(H,23,27)(H,24,26)(H,29,30)/t13-,14-,15-,16-/m0/s1. The van der Waals surface area contributed by atoms with Crippen LogP contribution in [0, 0.1) is 5.92 Å². The summed E-state index contributed by atoms with van der Waals surface area (Å²) in [5.41, 5.74) is 11.1. The smallest absolute Gasteiger partial charge is 0.326 e. The van der Waals surface area contributed by atoms with E-state index in [-0.39, 0.29) is 5.92 Å². The Balaban J connectivity index is 2.96. The van der Waals surface area contributed by atoms with Crippen molar-refractivity contribution < 1.29 is 24.3 Å². The predicted octanol–water partition coefficient (Wildman–Crippen LogP) is -0.446. The lowest BCUT2D eigenvalue weighted by atomic mass is 10.0. The maximum atomic E-state index is 13.1. The highest BCUT2D eigenvalue weighted by atomic mass is 16.4. The third-order valence-corrected chi connectivity index (χ3v) is 5.14. The summed E-state index contributed by atoms with van der Waals surface area (Å²) in [5, 5.41) is 14.8. The number of unbranched alkanes of at least 4 members (excludes halogenated alkanes) is 1. The maximum Gasteiger partial charge on any atom is 0.326 e. The van der Waals surface area contributed by atoms with E-state index >= 15 is 0 Å². The average molecular weight is 428 g/mol. The zero-order valence-corrected chi connectivity index (χ0v) is 18.2. The molecule has 0 radical (unpaired) electrons. The van der Waals surface area contributed by atoms with Gasteiger partial charge in [-0.1, -0.05) is 13.8 Å². The van der Waals surface area contributed by atoms with Gasteiger partial charge in [0.1, 0.15) is 18.1 Å². The number of carboxylic acid groups (broad SMARTS) is 1. The third-order valence-electron chi connectivity index (χ3n) is 5.14. The van der Waals surface area contributed by atoms with E-state index in [1.54, 1.807) is 0 Å². The molecule has 0 aliphatic carbocycles. The fraction of sp³-hybridized carbons (Fsp3) is 0.800. The molecule has 0 aromatic carbocycles. The highest BCUT2D eigenvalue weighted by Gasteiger charge is 2.38. The van der Waals surface area contributed by atoms with Crippen LogP contribution in [0.3, 0.4) is 0 Å². The zero-order valence-electron chi connectivity index (χ0n) is 18.2. The van der Waals surface area contributed by atoms with Gasteiger partial charge in [-0.2, -0.15) is 0 Å². The molecule has 1 aliphatic rings. The number of carbonyl (C=O) groups is 4. The highest BCUT2D eigenvalue weighted by molar-refractivity contribution is 5.94. The molecule has 0 aromatic heterocycles. The van der Waals surface area contributed by atoms with Crippen LogP contribution in [0.25, 0.3) is 0 Å². The molecule has 4 atom stereocenters. The largest absolute Gasteiger partial charge is 0.480 e. The number of nitrogens with zero attached hydrogens (tertiary/aromatic N) is 1. The number of nitrogens with one attached hydrogen (secondary N) is 2. The Bertz CT molecular complexity index is 610. The van der Waals surface area contributed by atoms with Crippen molar-refractivity contribution in [1.82, 2.24) is 15.5 Å². The van der Waals surface area contributed by atoms with Gasteiger partial charge in [-0.15, -0.1) is 0 Å². The molecule has 10 heteroatoms. The van der Waals surface area contributed by atoms with Gasteiger partial charge in [-0.3, -0.25) is 14.4 Å². The van der Waals surface area contributed by atoms with Crippen LogP contribution >= 0.6 is 0 Å². The molecule has 1 aliphatic heterocycles. The monoisotopic (exact) mass is 427 g/mol. The number of rotatable bonds is 12. The predicted molar refractivity (Wildman–Crippen MR) is 112 cm³/mol. The molecular weight excluding hydrogens is 390 g/mol. The van der Waals surface area contributed by atoms with E-state index in [0.29, 0.717) is 51.6 Å². The zero-order chi connectivity index (χ0) is 22.8. The van der Waals surface area contributed by atoms with Crippen LogP contribution in [0.5, 0.6) is 0 Å². The number of aliphatic carboxylic acids is 1. The van der Waals surface area contributed by atoms with Crippen LogP contribution in [0.15, 0.2) is 0 Å². The third kappa shape index (κ3) is 7.91. The minimum absolute atomic E-state index is 0.121. The Hall–Kier alpha value is -2.20. The van der Waals surface area contributed by atoms with Gasteiger partial charge >= 0.3 is 5.97 Å². The van der Waals surface area contributed by atoms with Crippen molar-refractivity contribution in [2.45, 2.75) is 83.5 Å². The summed E-state index contributed by atoms with van der Waals surface area (Å²) in [6, 6.07) is -3.35. The van der Waals surface area contributed by atoms with Crippen molar-refractivity contribution in [1.29, 1.82) is 0 Å². The topological polar surface area (TPSA) is 168 Å². The maximum absolute atomic E-state index is 13.1. The number of carboxylic acids is 1. The van der Waals surface area contributed by atoms with E-state index in [2.05, 4.69) is 10.6 Å². The van der Waals surface area contributed by atoms with Gasteiger partial charge in [0, 0.05) is 6.54 Å². The summed E-state index contributed by atoms with van der Waals surface area (Å²) in [6.45, 7) is 6.17. The second-order valence-electron chi connectivity index (χ2n) is 8.35. The SMILES string of the molecule is CC(C)C[C@H](NC(=O)[C@H](C)N)C(=O)N[C@@H](CCCCN)C(=O)N1CCC[C@H]1C(=O)O. The molecule has 1 heterocycles. The van der Waals surface area contributed by atoms with Crippen LogP contribution in [0.2, 0.25) is 0 Å². The van der Waals surface area contributed by atoms with Crippen molar-refractivity contribution in [2.24, 2.45) is 17.4 Å². The van der Waals surface area contributed by atoms with Gasteiger partial charge < -0.3 is 32.1 Å². The molecule has 30 heavy (non-hydrogen) atoms. The molecule has 1 rings (SSSR count). The number of carbonyl (C=O) groups excluding carboxylic acids is 3. The number of likely N-dealkylation sites (tertiary alicyclic amines) is 1. The van der Waals surface area contributed by atoms with Crippen molar-refractivity contribution in [3.63, 3.8) is 0 Å². The number of nitrogens with two attached hydrogens (primary N) is 2. The van der Waals surface area contributed by atoms with Crippen molar-refractivity contribution >= 4 is 23.7 Å². The molecule has 10 nitrogen and oxygen atoms in total. The van der Waals surface area contributed by atoms with Crippen LogP contribution in [0.1, 0.15) is 59.3 Å². The summed E-state index contributed by atoms with van der Waals surface area (Å²) in [6.07, 6.45) is 3.02. The molecule has 3 amide bonds. The summed E-state index contributed by atoms with van der Waals surface area (Å²) in [7, 11) is 0. The first-order valence-corrected chi connectivity index (χ1v) is 10.7. The Kier molecular flexibility index (Phi) is 10.8. The Morgan fingerprint density at radius 3 is 2.23 bits per heavy atom. The normalized spacial score (nSPS) is 19.3. The Morgan fingerprint density at radius 1 is 1.07 bits per heavy atom. The van der Waals surface area contributed by atoms with Gasteiger partial charge in [-0.05, 0) is 57.9 Å². The van der Waals surface area contributed by atoms with Crippen LogP contribution < -0.4 is 22.1 Å². The molecule has 1 fully saturated rings. The summed E-state index contributed by atoms with van der Waals surface area (Å²) < 4.78 is 0. The molecule has 0 saturated carbocycles. The molecular formula is C20H37N5O5. The minimum Gasteiger partial charge on any atom is -0.480 e. The summed E-state index contributed by atoms with van der Waals surface area (Å²) >= 11 is 0. The van der Waals surface area contributed by atoms with Crippen molar-refractivity contribution in [2.75, 3.05) is 13.1 Å². The summed E-state index contributed by atoms with van der Waals surface area (Å²) in [5.74, 6) is -2.26. The first-order valence-electron chi connectivity index (χ1n) is 10.7. The van der Waals surface area contributed by atoms with E-state index in [9.17, 15) is 24.3 Å². The minimum atomic E-state index is -1.05. The quantitative estimate of drug-likeness (QED) is 0.263. The van der Waals surface area contributed by atoms with E-state index in [0.717, 1.165) is 0 Å². The Labute approximate surface area is 178 Å². The highest BCUT2D eigenvalue weighted by Crippen LogP contribution is 2.20. The number of hydrogen-bond acceptors (Lipinski definition) is 6. The van der Waals surface area contributed by atoms with E-state index in [1.807, 2.05) is 13.8 Å². The number of hydrogen-bond donors (Lipinski definition) is 5. The summed E-state index contributed by atoms with van der Waals surface area (Å²) in [4.78, 5) is 50.8. The van der Waals surface area contributed by atoms with Gasteiger partial charge in [0.2, 0.25) is 17.7 Å². The molecule has 0 aromatic rings. The van der Waals surface area contributed by atoms with Crippen molar-refractivity contribution in [3.05, 3.63) is 0 Å². The van der Waals surface area contributed by atoms with E-state index < -0.39 is 47.9 Å². The molecule has 172 valence electrons. The second-order valence-corrected chi connectivity index (χ2v) is 8.35. The van der Waals surface area contributed by atoms with E-state index in [1.165, 1.54) is 11.8 Å². The molecule has 7 N–H and O–H groups in total. The van der Waals surface area contributed by atoms with Gasteiger partial charge in [-0.25, -0.2) is 4.79 Å². The fourth-order valence-electron chi connectivity index (χ4n) is 3.52. The molecule has 0 unspecified atom stereocenters.